The number of rotatable bonds is 4. The van der Waals surface area contributed by atoms with E-state index < -0.39 is 6.04 Å². The summed E-state index contributed by atoms with van der Waals surface area (Å²) in [5.41, 5.74) is 5.78. The Morgan fingerprint density at radius 3 is 2.17 bits per heavy atom. The third-order valence-electron chi connectivity index (χ3n) is 4.32. The fraction of sp³-hybridized carbons (Fsp3) is 0.933. The molecule has 0 saturated heterocycles. The SMILES string of the molecule is CCC1CCC(CNC(=O)C(N)C(C)(C)C)CC1. The molecule has 1 amide bonds. The first-order chi connectivity index (χ1) is 8.34. The largest absolute Gasteiger partial charge is 0.354 e. The van der Waals surface area contributed by atoms with E-state index in [1.165, 1.54) is 32.1 Å². The van der Waals surface area contributed by atoms with Crippen LogP contribution in [0.1, 0.15) is 59.8 Å². The number of nitrogens with one attached hydrogen (secondary N) is 1. The highest BCUT2D eigenvalue weighted by Gasteiger charge is 2.28. The molecule has 1 unspecified atom stereocenters. The van der Waals surface area contributed by atoms with Gasteiger partial charge in [-0.1, -0.05) is 47.0 Å². The molecule has 1 aliphatic rings. The van der Waals surface area contributed by atoms with Gasteiger partial charge < -0.3 is 11.1 Å². The summed E-state index contributed by atoms with van der Waals surface area (Å²) in [6.45, 7) is 9.09. The molecule has 0 aromatic carbocycles. The maximum Gasteiger partial charge on any atom is 0.237 e. The molecule has 0 aromatic heterocycles. The summed E-state index contributed by atoms with van der Waals surface area (Å²) in [4.78, 5) is 11.9. The van der Waals surface area contributed by atoms with Crippen molar-refractivity contribution in [2.75, 3.05) is 6.54 Å². The van der Waals surface area contributed by atoms with Gasteiger partial charge in [0, 0.05) is 6.54 Å². The molecule has 3 N–H and O–H groups in total. The van der Waals surface area contributed by atoms with Gasteiger partial charge in [-0.05, 0) is 30.1 Å². The first-order valence-corrected chi connectivity index (χ1v) is 7.37. The summed E-state index contributed by atoms with van der Waals surface area (Å²) in [6.07, 6.45) is 6.45. The molecule has 3 heteroatoms. The van der Waals surface area contributed by atoms with Gasteiger partial charge in [-0.25, -0.2) is 0 Å². The highest BCUT2D eigenvalue weighted by atomic mass is 16.2. The van der Waals surface area contributed by atoms with Gasteiger partial charge in [0.05, 0.1) is 6.04 Å². The Balaban J connectivity index is 2.27. The van der Waals surface area contributed by atoms with Crippen LogP contribution in [0.5, 0.6) is 0 Å². The van der Waals surface area contributed by atoms with Crippen molar-refractivity contribution in [1.29, 1.82) is 0 Å². The fourth-order valence-electron chi connectivity index (χ4n) is 2.59. The minimum Gasteiger partial charge on any atom is -0.354 e. The fourth-order valence-corrected chi connectivity index (χ4v) is 2.59. The highest BCUT2D eigenvalue weighted by molar-refractivity contribution is 5.82. The standard InChI is InChI=1S/C15H30N2O/c1-5-11-6-8-12(9-7-11)10-17-14(18)13(16)15(2,3)4/h11-13H,5-10,16H2,1-4H3,(H,17,18). The van der Waals surface area contributed by atoms with Crippen LogP contribution in [0, 0.1) is 17.3 Å². The van der Waals surface area contributed by atoms with Crippen LogP contribution in [0.25, 0.3) is 0 Å². The summed E-state index contributed by atoms with van der Waals surface area (Å²) in [5, 5.41) is 3.03. The summed E-state index contributed by atoms with van der Waals surface area (Å²) in [5.74, 6) is 1.57. The van der Waals surface area contributed by atoms with E-state index in [1.54, 1.807) is 0 Å². The number of carbonyl (C=O) groups is 1. The minimum absolute atomic E-state index is 0.000106. The van der Waals surface area contributed by atoms with Crippen molar-refractivity contribution < 1.29 is 4.79 Å². The average Bonchev–Trinajstić information content (AvgIpc) is 2.34. The van der Waals surface area contributed by atoms with Crippen LogP contribution >= 0.6 is 0 Å². The number of nitrogens with two attached hydrogens (primary N) is 1. The highest BCUT2D eigenvalue weighted by Crippen LogP contribution is 2.30. The molecule has 18 heavy (non-hydrogen) atoms. The van der Waals surface area contributed by atoms with Crippen LogP contribution in [0.4, 0.5) is 0 Å². The molecule has 1 fully saturated rings. The number of carbonyl (C=O) groups excluding carboxylic acids is 1. The number of amides is 1. The van der Waals surface area contributed by atoms with Gasteiger partial charge in [0.1, 0.15) is 0 Å². The first kappa shape index (κ1) is 15.5. The Hall–Kier alpha value is -0.570. The molecule has 0 bridgehead atoms. The van der Waals surface area contributed by atoms with Gasteiger partial charge >= 0.3 is 0 Å². The van der Waals surface area contributed by atoms with Crippen molar-refractivity contribution in [1.82, 2.24) is 5.32 Å². The van der Waals surface area contributed by atoms with Gasteiger partial charge in [-0.3, -0.25) is 4.79 Å². The van der Waals surface area contributed by atoms with E-state index in [2.05, 4.69) is 12.2 Å². The topological polar surface area (TPSA) is 55.1 Å². The van der Waals surface area contributed by atoms with Crippen molar-refractivity contribution in [3.63, 3.8) is 0 Å². The van der Waals surface area contributed by atoms with Crippen molar-refractivity contribution in [3.8, 4) is 0 Å². The predicted molar refractivity (Wildman–Crippen MR) is 76.2 cm³/mol. The summed E-state index contributed by atoms with van der Waals surface area (Å²) in [7, 11) is 0. The Morgan fingerprint density at radius 1 is 1.22 bits per heavy atom. The van der Waals surface area contributed by atoms with Crippen LogP contribution in [-0.4, -0.2) is 18.5 Å². The number of hydrogen-bond donors (Lipinski definition) is 2. The lowest BCUT2D eigenvalue weighted by atomic mass is 9.80. The van der Waals surface area contributed by atoms with E-state index in [0.29, 0.717) is 5.92 Å². The van der Waals surface area contributed by atoms with E-state index in [0.717, 1.165) is 12.5 Å². The lowest BCUT2D eigenvalue weighted by molar-refractivity contribution is -0.124. The zero-order valence-corrected chi connectivity index (χ0v) is 12.5. The zero-order chi connectivity index (χ0) is 13.8. The minimum atomic E-state index is -0.413. The van der Waals surface area contributed by atoms with E-state index in [4.69, 9.17) is 5.73 Å². The van der Waals surface area contributed by atoms with E-state index in [9.17, 15) is 4.79 Å². The third kappa shape index (κ3) is 4.60. The van der Waals surface area contributed by atoms with Gasteiger partial charge in [0.15, 0.2) is 0 Å². The summed E-state index contributed by atoms with van der Waals surface area (Å²) in [6, 6.07) is -0.413. The maximum atomic E-state index is 11.9. The molecule has 1 aliphatic carbocycles. The monoisotopic (exact) mass is 254 g/mol. The Morgan fingerprint density at radius 2 is 1.72 bits per heavy atom. The van der Waals surface area contributed by atoms with Gasteiger partial charge in [0.25, 0.3) is 0 Å². The first-order valence-electron chi connectivity index (χ1n) is 7.37. The van der Waals surface area contributed by atoms with Gasteiger partial charge in [0.2, 0.25) is 5.91 Å². The molecular weight excluding hydrogens is 224 g/mol. The van der Waals surface area contributed by atoms with Crippen LogP contribution < -0.4 is 11.1 Å². The molecule has 1 rings (SSSR count). The van der Waals surface area contributed by atoms with Crippen LogP contribution in [0.3, 0.4) is 0 Å². The molecule has 0 radical (unpaired) electrons. The van der Waals surface area contributed by atoms with Crippen molar-refractivity contribution >= 4 is 5.91 Å². The molecule has 106 valence electrons. The van der Waals surface area contributed by atoms with Crippen LogP contribution in [0.15, 0.2) is 0 Å². The smallest absolute Gasteiger partial charge is 0.237 e. The van der Waals surface area contributed by atoms with E-state index >= 15 is 0 Å². The molecular formula is C15H30N2O. The zero-order valence-electron chi connectivity index (χ0n) is 12.5. The quantitative estimate of drug-likeness (QED) is 0.810. The molecule has 1 saturated carbocycles. The molecule has 3 nitrogen and oxygen atoms in total. The normalized spacial score (nSPS) is 26.7. The molecule has 0 aliphatic heterocycles. The molecule has 0 heterocycles. The third-order valence-corrected chi connectivity index (χ3v) is 4.32. The van der Waals surface area contributed by atoms with Gasteiger partial charge in [-0.15, -0.1) is 0 Å². The van der Waals surface area contributed by atoms with Crippen molar-refractivity contribution in [2.24, 2.45) is 23.0 Å². The van der Waals surface area contributed by atoms with E-state index in [1.807, 2.05) is 20.8 Å². The lowest BCUT2D eigenvalue weighted by Gasteiger charge is -2.30. The average molecular weight is 254 g/mol. The maximum absolute atomic E-state index is 11.9. The van der Waals surface area contributed by atoms with Gasteiger partial charge in [-0.2, -0.15) is 0 Å². The lowest BCUT2D eigenvalue weighted by Crippen LogP contribution is -2.49. The van der Waals surface area contributed by atoms with Crippen LogP contribution in [-0.2, 0) is 4.79 Å². The molecule has 1 atom stereocenters. The van der Waals surface area contributed by atoms with Crippen molar-refractivity contribution in [3.05, 3.63) is 0 Å². The second kappa shape index (κ2) is 6.55. The summed E-state index contributed by atoms with van der Waals surface area (Å²) < 4.78 is 0. The second-order valence-corrected chi connectivity index (χ2v) is 6.88. The summed E-state index contributed by atoms with van der Waals surface area (Å²) >= 11 is 0. The Labute approximate surface area is 112 Å². The Bertz CT molecular complexity index is 262. The second-order valence-electron chi connectivity index (χ2n) is 6.88. The Kier molecular flexibility index (Phi) is 5.64. The predicted octanol–water partition coefficient (Wildman–Crippen LogP) is 2.69. The van der Waals surface area contributed by atoms with E-state index in [-0.39, 0.29) is 11.3 Å². The van der Waals surface area contributed by atoms with Crippen molar-refractivity contribution in [2.45, 2.75) is 65.8 Å². The molecule has 0 aromatic rings. The molecule has 0 spiro atoms. The number of hydrogen-bond acceptors (Lipinski definition) is 2. The van der Waals surface area contributed by atoms with Crippen LogP contribution in [0.2, 0.25) is 0 Å².